The van der Waals surface area contributed by atoms with Gasteiger partial charge in [0, 0.05) is 15.8 Å². The Morgan fingerprint density at radius 2 is 2.00 bits per heavy atom. The van der Waals surface area contributed by atoms with E-state index in [2.05, 4.69) is 6.92 Å². The van der Waals surface area contributed by atoms with Gasteiger partial charge < -0.3 is 5.73 Å². The lowest BCUT2D eigenvalue weighted by Gasteiger charge is -2.26. The van der Waals surface area contributed by atoms with Crippen LogP contribution in [0.2, 0.25) is 0 Å². The quantitative estimate of drug-likeness (QED) is 0.840. The Balaban J connectivity index is 2.18. The molecule has 1 aliphatic rings. The largest absolute Gasteiger partial charge is 0.399 e. The molecule has 2 unspecified atom stereocenters. The molecule has 1 aliphatic carbocycles. The number of benzene rings is 1. The fourth-order valence-electron chi connectivity index (χ4n) is 2.50. The molecule has 19 heavy (non-hydrogen) atoms. The van der Waals surface area contributed by atoms with Crippen LogP contribution in [0.3, 0.4) is 0 Å². The molecule has 2 atom stereocenters. The molecule has 4 nitrogen and oxygen atoms in total. The topological polar surface area (TPSA) is 86.2 Å². The summed E-state index contributed by atoms with van der Waals surface area (Å²) >= 11 is 1.71. The van der Waals surface area contributed by atoms with E-state index in [0.717, 1.165) is 10.8 Å². The Morgan fingerprint density at radius 1 is 1.26 bits per heavy atom. The zero-order chi connectivity index (χ0) is 14.0. The van der Waals surface area contributed by atoms with Crippen LogP contribution in [-0.4, -0.2) is 13.7 Å². The van der Waals surface area contributed by atoms with Crippen LogP contribution in [0.4, 0.5) is 5.69 Å². The molecular formula is C13H20N2O2S2. The van der Waals surface area contributed by atoms with Crippen molar-refractivity contribution in [2.24, 2.45) is 11.1 Å². The Morgan fingerprint density at radius 3 is 2.63 bits per heavy atom. The molecule has 0 heterocycles. The number of nitrogen functional groups attached to an aromatic ring is 1. The first-order valence-electron chi connectivity index (χ1n) is 6.44. The number of nitrogens with two attached hydrogens (primary N) is 2. The molecule has 106 valence electrons. The van der Waals surface area contributed by atoms with Crippen molar-refractivity contribution in [2.75, 3.05) is 5.73 Å². The van der Waals surface area contributed by atoms with E-state index in [1.165, 1.54) is 31.7 Å². The number of rotatable bonds is 3. The van der Waals surface area contributed by atoms with Crippen molar-refractivity contribution in [3.05, 3.63) is 18.2 Å². The summed E-state index contributed by atoms with van der Waals surface area (Å²) in [5.74, 6) is 0.741. The second-order valence-corrected chi connectivity index (χ2v) is 8.23. The standard InChI is InChI=1S/C13H20N2O2S2/c1-9-3-2-4-11(5-9)18-12-6-10(14)7-13(8-12)19(15,16)17/h6-9,11H,2-5,14H2,1H3,(H2,15,16,17). The van der Waals surface area contributed by atoms with Crippen LogP contribution in [0.1, 0.15) is 32.6 Å². The average molecular weight is 300 g/mol. The Bertz CT molecular complexity index is 558. The summed E-state index contributed by atoms with van der Waals surface area (Å²) in [4.78, 5) is 0.988. The van der Waals surface area contributed by atoms with E-state index in [1.54, 1.807) is 17.8 Å². The monoisotopic (exact) mass is 300 g/mol. The summed E-state index contributed by atoms with van der Waals surface area (Å²) in [6, 6.07) is 4.84. The van der Waals surface area contributed by atoms with Crippen molar-refractivity contribution in [2.45, 2.75) is 47.6 Å². The molecule has 0 radical (unpaired) electrons. The van der Waals surface area contributed by atoms with Gasteiger partial charge in [-0.3, -0.25) is 0 Å². The molecule has 2 rings (SSSR count). The molecule has 1 saturated carbocycles. The highest BCUT2D eigenvalue weighted by Crippen LogP contribution is 2.37. The second kappa shape index (κ2) is 5.73. The predicted octanol–water partition coefficient (Wildman–Crippen LogP) is 2.59. The van der Waals surface area contributed by atoms with Gasteiger partial charge >= 0.3 is 0 Å². The van der Waals surface area contributed by atoms with E-state index in [-0.39, 0.29) is 4.90 Å². The number of thioether (sulfide) groups is 1. The highest BCUT2D eigenvalue weighted by molar-refractivity contribution is 8.00. The lowest BCUT2D eigenvalue weighted by Crippen LogP contribution is -2.15. The van der Waals surface area contributed by atoms with E-state index in [9.17, 15) is 8.42 Å². The Kier molecular flexibility index (Phi) is 4.43. The van der Waals surface area contributed by atoms with Gasteiger partial charge in [0.15, 0.2) is 0 Å². The maximum atomic E-state index is 11.4. The van der Waals surface area contributed by atoms with Crippen LogP contribution >= 0.6 is 11.8 Å². The van der Waals surface area contributed by atoms with Gasteiger partial charge in [-0.05, 0) is 37.0 Å². The Labute approximate surface area is 119 Å². The van der Waals surface area contributed by atoms with E-state index >= 15 is 0 Å². The lowest BCUT2D eigenvalue weighted by atomic mass is 9.91. The lowest BCUT2D eigenvalue weighted by molar-refractivity contribution is 0.394. The molecule has 4 N–H and O–H groups in total. The SMILES string of the molecule is CC1CCCC(Sc2cc(N)cc(S(N)(=O)=O)c2)C1. The van der Waals surface area contributed by atoms with E-state index < -0.39 is 10.0 Å². The minimum Gasteiger partial charge on any atom is -0.399 e. The van der Waals surface area contributed by atoms with E-state index in [4.69, 9.17) is 10.9 Å². The van der Waals surface area contributed by atoms with Crippen molar-refractivity contribution < 1.29 is 8.42 Å². The van der Waals surface area contributed by atoms with Gasteiger partial charge in [0.05, 0.1) is 4.90 Å². The number of hydrogen-bond acceptors (Lipinski definition) is 4. The van der Waals surface area contributed by atoms with Gasteiger partial charge in [-0.25, -0.2) is 13.6 Å². The minimum atomic E-state index is -3.69. The smallest absolute Gasteiger partial charge is 0.238 e. The fourth-order valence-corrected chi connectivity index (χ4v) is 4.66. The van der Waals surface area contributed by atoms with Gasteiger partial charge in [-0.15, -0.1) is 11.8 Å². The van der Waals surface area contributed by atoms with Crippen molar-refractivity contribution in [1.82, 2.24) is 0 Å². The maximum absolute atomic E-state index is 11.4. The molecule has 0 amide bonds. The summed E-state index contributed by atoms with van der Waals surface area (Å²) in [7, 11) is -3.69. The number of sulfonamides is 1. The zero-order valence-corrected chi connectivity index (χ0v) is 12.6. The number of primary sulfonamides is 1. The minimum absolute atomic E-state index is 0.0962. The third-order valence-corrected chi connectivity index (χ3v) is 5.58. The molecule has 6 heteroatoms. The van der Waals surface area contributed by atoms with Crippen molar-refractivity contribution >= 4 is 27.5 Å². The van der Waals surface area contributed by atoms with Gasteiger partial charge in [-0.2, -0.15) is 0 Å². The van der Waals surface area contributed by atoms with E-state index in [1.807, 2.05) is 6.07 Å². The van der Waals surface area contributed by atoms with Crippen LogP contribution in [0.5, 0.6) is 0 Å². The van der Waals surface area contributed by atoms with Crippen LogP contribution in [0.15, 0.2) is 28.0 Å². The molecule has 0 aliphatic heterocycles. The Hall–Kier alpha value is -0.720. The molecular weight excluding hydrogens is 280 g/mol. The maximum Gasteiger partial charge on any atom is 0.238 e. The van der Waals surface area contributed by atoms with E-state index in [0.29, 0.717) is 10.9 Å². The summed E-state index contributed by atoms with van der Waals surface area (Å²) in [5, 5.41) is 5.70. The zero-order valence-electron chi connectivity index (χ0n) is 11.0. The first kappa shape index (κ1) is 14.7. The summed E-state index contributed by atoms with van der Waals surface area (Å²) in [6.45, 7) is 2.27. The van der Waals surface area contributed by atoms with Gasteiger partial charge in [0.2, 0.25) is 10.0 Å². The van der Waals surface area contributed by atoms with Crippen LogP contribution in [-0.2, 0) is 10.0 Å². The molecule has 0 saturated heterocycles. The van der Waals surface area contributed by atoms with Gasteiger partial charge in [-0.1, -0.05) is 19.8 Å². The molecule has 0 spiro atoms. The number of anilines is 1. The third-order valence-electron chi connectivity index (χ3n) is 3.42. The molecule has 0 bridgehead atoms. The summed E-state index contributed by atoms with van der Waals surface area (Å²) in [6.07, 6.45) is 4.87. The van der Waals surface area contributed by atoms with Gasteiger partial charge in [0.1, 0.15) is 0 Å². The van der Waals surface area contributed by atoms with Crippen LogP contribution in [0.25, 0.3) is 0 Å². The average Bonchev–Trinajstić information content (AvgIpc) is 2.26. The first-order valence-corrected chi connectivity index (χ1v) is 8.87. The van der Waals surface area contributed by atoms with Crippen LogP contribution < -0.4 is 10.9 Å². The molecule has 1 aromatic rings. The second-order valence-electron chi connectivity index (χ2n) is 5.29. The van der Waals surface area contributed by atoms with Crippen LogP contribution in [0, 0.1) is 5.92 Å². The van der Waals surface area contributed by atoms with Crippen molar-refractivity contribution in [3.8, 4) is 0 Å². The summed E-state index contributed by atoms with van der Waals surface area (Å²) in [5.41, 5.74) is 6.20. The van der Waals surface area contributed by atoms with Gasteiger partial charge in [0.25, 0.3) is 0 Å². The molecule has 1 fully saturated rings. The highest BCUT2D eigenvalue weighted by atomic mass is 32.2. The fraction of sp³-hybridized carbons (Fsp3) is 0.538. The molecule has 1 aromatic carbocycles. The predicted molar refractivity (Wildman–Crippen MR) is 79.5 cm³/mol. The molecule has 0 aromatic heterocycles. The van der Waals surface area contributed by atoms with Crippen molar-refractivity contribution in [1.29, 1.82) is 0 Å². The first-order chi connectivity index (χ1) is 8.84. The number of hydrogen-bond donors (Lipinski definition) is 2. The van der Waals surface area contributed by atoms with Crippen molar-refractivity contribution in [3.63, 3.8) is 0 Å². The normalized spacial score (nSPS) is 24.3. The summed E-state index contributed by atoms with van der Waals surface area (Å²) < 4.78 is 22.8. The third kappa shape index (κ3) is 4.12. The highest BCUT2D eigenvalue weighted by Gasteiger charge is 2.20.